The number of hydrogen-bond acceptors (Lipinski definition) is 13. The maximum atomic E-state index is 13.1. The van der Waals surface area contributed by atoms with E-state index in [9.17, 15) is 28.8 Å². The molecule has 0 aliphatic rings. The molecule has 13 heteroatoms. The molecule has 0 aliphatic carbocycles. The van der Waals surface area contributed by atoms with E-state index in [0.717, 1.165) is 50.2 Å². The van der Waals surface area contributed by atoms with Gasteiger partial charge in [0.15, 0.2) is 0 Å². The number of carbonyl (C=O) groups excluding carboxylic acids is 6. The van der Waals surface area contributed by atoms with Crippen LogP contribution in [0.3, 0.4) is 0 Å². The van der Waals surface area contributed by atoms with Gasteiger partial charge in [-0.25, -0.2) is 19.2 Å². The van der Waals surface area contributed by atoms with E-state index in [1.165, 1.54) is 62.1 Å². The number of rotatable bonds is 32. The molecule has 13 nitrogen and oxygen atoms in total. The quantitative estimate of drug-likeness (QED) is 0.0251. The van der Waals surface area contributed by atoms with Gasteiger partial charge in [-0.05, 0) is 97.9 Å². The summed E-state index contributed by atoms with van der Waals surface area (Å²) < 4.78 is 37.9. The molecular formula is C56H70O13. The van der Waals surface area contributed by atoms with Gasteiger partial charge in [0.2, 0.25) is 0 Å². The van der Waals surface area contributed by atoms with Crippen LogP contribution in [0.5, 0.6) is 5.75 Å². The highest BCUT2D eigenvalue weighted by Crippen LogP contribution is 2.31. The lowest BCUT2D eigenvalue weighted by Gasteiger charge is -2.32. The zero-order valence-electron chi connectivity index (χ0n) is 41.2. The van der Waals surface area contributed by atoms with E-state index < -0.39 is 73.9 Å². The second-order valence-corrected chi connectivity index (χ2v) is 17.4. The summed E-state index contributed by atoms with van der Waals surface area (Å²) in [6.45, 7) is 17.9. The van der Waals surface area contributed by atoms with Crippen molar-refractivity contribution in [1.82, 2.24) is 0 Å². The molecule has 0 aliphatic heterocycles. The highest BCUT2D eigenvalue weighted by atomic mass is 16.6. The zero-order valence-corrected chi connectivity index (χ0v) is 41.2. The summed E-state index contributed by atoms with van der Waals surface area (Å²) in [5, 5.41) is 0. The third-order valence-electron chi connectivity index (χ3n) is 11.2. The van der Waals surface area contributed by atoms with Gasteiger partial charge in [-0.2, -0.15) is 0 Å². The Morgan fingerprint density at radius 1 is 0.493 bits per heavy atom. The summed E-state index contributed by atoms with van der Waals surface area (Å²) in [6, 6.07) is 23.0. The third-order valence-corrected chi connectivity index (χ3v) is 11.2. The number of hydrogen-bond donors (Lipinski definition) is 0. The molecule has 0 unspecified atom stereocenters. The average Bonchev–Trinajstić information content (AvgIpc) is 3.35. The maximum absolute atomic E-state index is 13.1. The summed E-state index contributed by atoms with van der Waals surface area (Å²) in [4.78, 5) is 75.0. The number of methoxy groups -OCH3 is 2. The normalized spacial score (nSPS) is 10.9. The van der Waals surface area contributed by atoms with Crippen molar-refractivity contribution in [2.24, 2.45) is 5.41 Å². The topological polar surface area (TPSA) is 167 Å². The van der Waals surface area contributed by atoms with Gasteiger partial charge >= 0.3 is 35.8 Å². The van der Waals surface area contributed by atoms with Crippen LogP contribution in [0.15, 0.2) is 115 Å². The molecule has 0 N–H and O–H groups in total. The van der Waals surface area contributed by atoms with Gasteiger partial charge in [0.05, 0.1) is 33.7 Å². The molecule has 0 heterocycles. The predicted octanol–water partition coefficient (Wildman–Crippen LogP) is 9.90. The van der Waals surface area contributed by atoms with Crippen molar-refractivity contribution in [2.45, 2.75) is 104 Å². The largest absolute Gasteiger partial charge is 0.492 e. The van der Waals surface area contributed by atoms with Gasteiger partial charge in [-0.1, -0.05) is 120 Å². The molecule has 69 heavy (non-hydrogen) atoms. The average molecular weight is 951 g/mol. The van der Waals surface area contributed by atoms with Crippen molar-refractivity contribution in [3.63, 3.8) is 0 Å². The summed E-state index contributed by atoms with van der Waals surface area (Å²) >= 11 is 0. The summed E-state index contributed by atoms with van der Waals surface area (Å²) in [5.74, 6) is -4.29. The van der Waals surface area contributed by atoms with E-state index in [-0.39, 0.29) is 35.5 Å². The van der Waals surface area contributed by atoms with E-state index in [0.29, 0.717) is 18.6 Å². The van der Waals surface area contributed by atoms with E-state index >= 15 is 0 Å². The number of aryl methyl sites for hydroxylation is 4. The fraction of sp³-hybridized carbons (Fsp3) is 0.429. The van der Waals surface area contributed by atoms with Crippen molar-refractivity contribution in [2.75, 3.05) is 47.3 Å². The van der Waals surface area contributed by atoms with Crippen molar-refractivity contribution >= 4 is 35.8 Å². The van der Waals surface area contributed by atoms with Gasteiger partial charge in [-0.15, -0.1) is 0 Å². The summed E-state index contributed by atoms with van der Waals surface area (Å²) in [6.07, 6.45) is 10.5. The van der Waals surface area contributed by atoms with Crippen LogP contribution >= 0.6 is 0 Å². The van der Waals surface area contributed by atoms with Gasteiger partial charge in [0.25, 0.3) is 0 Å². The molecule has 0 radical (unpaired) electrons. The number of esters is 6. The fourth-order valence-corrected chi connectivity index (χ4v) is 6.88. The van der Waals surface area contributed by atoms with Gasteiger partial charge < -0.3 is 33.2 Å². The first-order chi connectivity index (χ1) is 33.0. The minimum atomic E-state index is -1.59. The van der Waals surface area contributed by atoms with Crippen LogP contribution < -0.4 is 4.74 Å². The zero-order chi connectivity index (χ0) is 50.8. The molecular weight excluding hydrogens is 881 g/mol. The Kier molecular flexibility index (Phi) is 24.5. The van der Waals surface area contributed by atoms with Gasteiger partial charge in [0, 0.05) is 22.3 Å². The van der Waals surface area contributed by atoms with E-state index in [4.69, 9.17) is 23.7 Å². The second-order valence-electron chi connectivity index (χ2n) is 17.4. The minimum absolute atomic E-state index is 0.0682. The lowest BCUT2D eigenvalue weighted by atomic mass is 9.91. The molecule has 0 amide bonds. The molecule has 3 aromatic rings. The fourth-order valence-electron chi connectivity index (χ4n) is 6.88. The molecule has 0 spiro atoms. The monoisotopic (exact) mass is 950 g/mol. The van der Waals surface area contributed by atoms with E-state index in [1.54, 1.807) is 13.0 Å². The first kappa shape index (κ1) is 56.6. The Hall–Kier alpha value is -6.76. The lowest BCUT2D eigenvalue weighted by Crippen LogP contribution is -2.44. The van der Waals surface area contributed by atoms with Crippen molar-refractivity contribution in [3.8, 4) is 16.9 Å². The standard InChI is InChI=1S/C56H70O13/c1-10-11-12-13-14-15-17-43-19-21-44(22-20-43)23-24-45-25-27-46(28-26-45)47-29-30-49(48(34-47)18-16-31-65-52(59)39(2)3)66-35-56(36-67-53(60)40(4)5,37-68-54(61)41(6)32-50(57)63-8)38-69-55(62)42(7)33-51(58)64-9/h19-22,25-30,34H,2,4,6-7,10-18,23-24,31-33,35-38H2,1,3,5,8-9H3. The van der Waals surface area contributed by atoms with Crippen molar-refractivity contribution in [1.29, 1.82) is 0 Å². The summed E-state index contributed by atoms with van der Waals surface area (Å²) in [7, 11) is 2.32. The Morgan fingerprint density at radius 2 is 0.942 bits per heavy atom. The third kappa shape index (κ3) is 20.6. The van der Waals surface area contributed by atoms with Crippen LogP contribution in [0.2, 0.25) is 0 Å². The second kappa shape index (κ2) is 29.9. The molecule has 3 aromatic carbocycles. The lowest BCUT2D eigenvalue weighted by molar-refractivity contribution is -0.161. The Balaban J connectivity index is 1.91. The number of carbonyl (C=O) groups is 6. The van der Waals surface area contributed by atoms with Crippen molar-refractivity contribution < 1.29 is 61.9 Å². The van der Waals surface area contributed by atoms with Crippen molar-refractivity contribution in [3.05, 3.63) is 138 Å². The minimum Gasteiger partial charge on any atom is -0.492 e. The first-order valence-corrected chi connectivity index (χ1v) is 23.4. The Bertz CT molecular complexity index is 2210. The van der Waals surface area contributed by atoms with Gasteiger partial charge in [-0.3, -0.25) is 9.59 Å². The number of benzene rings is 3. The van der Waals surface area contributed by atoms with Crippen LogP contribution in [0, 0.1) is 5.41 Å². The molecule has 0 fully saturated rings. The summed E-state index contributed by atoms with van der Waals surface area (Å²) in [5.41, 5.74) is 4.75. The first-order valence-electron chi connectivity index (χ1n) is 23.4. The highest BCUT2D eigenvalue weighted by molar-refractivity contribution is 5.94. The maximum Gasteiger partial charge on any atom is 0.334 e. The number of ether oxygens (including phenoxy) is 7. The predicted molar refractivity (Wildman–Crippen MR) is 264 cm³/mol. The van der Waals surface area contributed by atoms with Crippen LogP contribution in [-0.2, 0) is 82.9 Å². The van der Waals surface area contributed by atoms with E-state index in [1.807, 2.05) is 12.1 Å². The van der Waals surface area contributed by atoms with Crippen LogP contribution in [-0.4, -0.2) is 83.1 Å². The molecule has 0 aromatic heterocycles. The number of unbranched alkanes of at least 4 members (excludes halogenated alkanes) is 5. The van der Waals surface area contributed by atoms with Gasteiger partial charge in [0.1, 0.15) is 37.6 Å². The Labute approximate surface area is 407 Å². The molecule has 0 atom stereocenters. The molecule has 3 rings (SSSR count). The van der Waals surface area contributed by atoms with Crippen LogP contribution in [0.1, 0.15) is 101 Å². The molecule has 0 saturated heterocycles. The molecule has 372 valence electrons. The Morgan fingerprint density at radius 3 is 1.45 bits per heavy atom. The highest BCUT2D eigenvalue weighted by Gasteiger charge is 2.38. The molecule has 0 saturated carbocycles. The van der Waals surface area contributed by atoms with E-state index in [2.05, 4.69) is 91.2 Å². The smallest absolute Gasteiger partial charge is 0.334 e. The van der Waals surface area contributed by atoms with Crippen LogP contribution in [0.25, 0.3) is 11.1 Å². The molecule has 0 bridgehead atoms. The van der Waals surface area contributed by atoms with Crippen LogP contribution in [0.4, 0.5) is 0 Å². The SMILES string of the molecule is C=C(C)C(=O)OCCCc1cc(-c2ccc(CCc3ccc(CCCCCCCC)cc3)cc2)ccc1OCC(COC(=O)C(=C)C)(COC(=O)C(=C)CC(=O)OC)COC(=O)C(=C)CC(=O)OC.